The first kappa shape index (κ1) is 16.5. The molecular formula is C15H26N2O3S. The molecule has 3 unspecified atom stereocenters. The molecule has 0 aromatic rings. The Balaban J connectivity index is 1.99. The topological polar surface area (TPSA) is 69.6 Å². The molecule has 21 heavy (non-hydrogen) atoms. The molecule has 1 aliphatic carbocycles. The predicted octanol–water partition coefficient (Wildman–Crippen LogP) is 2.90. The molecule has 6 heteroatoms. The number of carbonyl (C=O) groups excluding carboxylic acids is 1. The van der Waals surface area contributed by atoms with Crippen LogP contribution in [0.3, 0.4) is 0 Å². The average molecular weight is 314 g/mol. The molecule has 120 valence electrons. The van der Waals surface area contributed by atoms with Gasteiger partial charge < -0.3 is 10.4 Å². The maximum atomic E-state index is 12.6. The number of nitrogens with one attached hydrogen (secondary N) is 1. The Morgan fingerprint density at radius 2 is 2.10 bits per heavy atom. The van der Waals surface area contributed by atoms with E-state index in [1.165, 1.54) is 12.8 Å². The molecule has 2 aliphatic rings. The van der Waals surface area contributed by atoms with Gasteiger partial charge in [-0.3, -0.25) is 4.90 Å². The summed E-state index contributed by atoms with van der Waals surface area (Å²) in [5, 5.41) is 12.4. The summed E-state index contributed by atoms with van der Waals surface area (Å²) in [6.45, 7) is 4.14. The van der Waals surface area contributed by atoms with Crippen LogP contribution in [0.4, 0.5) is 4.79 Å². The van der Waals surface area contributed by atoms with Crippen molar-refractivity contribution in [3.63, 3.8) is 0 Å². The van der Waals surface area contributed by atoms with Crippen molar-refractivity contribution in [2.24, 2.45) is 5.92 Å². The van der Waals surface area contributed by atoms with Gasteiger partial charge in [0.2, 0.25) is 0 Å². The second kappa shape index (κ2) is 7.38. The third kappa shape index (κ3) is 4.28. The summed E-state index contributed by atoms with van der Waals surface area (Å²) >= 11 is 1.59. The molecule has 1 heterocycles. The van der Waals surface area contributed by atoms with Gasteiger partial charge in [-0.25, -0.2) is 9.59 Å². The van der Waals surface area contributed by atoms with Crippen LogP contribution in [0.25, 0.3) is 0 Å². The summed E-state index contributed by atoms with van der Waals surface area (Å²) < 4.78 is 0. The van der Waals surface area contributed by atoms with Crippen LogP contribution in [0.1, 0.15) is 52.4 Å². The number of thioether (sulfide) groups is 1. The summed E-state index contributed by atoms with van der Waals surface area (Å²) in [7, 11) is 0. The second-order valence-electron chi connectivity index (χ2n) is 6.07. The zero-order valence-corrected chi connectivity index (χ0v) is 13.7. The Hall–Kier alpha value is -0.910. The van der Waals surface area contributed by atoms with Crippen LogP contribution in [0.5, 0.6) is 0 Å². The highest BCUT2D eigenvalue weighted by Gasteiger charge is 2.41. The van der Waals surface area contributed by atoms with E-state index in [0.717, 1.165) is 31.6 Å². The molecule has 0 radical (unpaired) electrons. The molecule has 5 nitrogen and oxygen atoms in total. The highest BCUT2D eigenvalue weighted by molar-refractivity contribution is 8.00. The standard InChI is InChI=1S/C15H26N2O3S/c1-3-5-13-17(12(9-21-13)14(18)19)15(20)16-11(4-2)8-10-6-7-10/h10-13H,3-9H2,1-2H3,(H,16,20)(H,18,19). The normalized spacial score (nSPS) is 26.7. The number of hydrogen-bond acceptors (Lipinski definition) is 3. The molecule has 0 aromatic carbocycles. The van der Waals surface area contributed by atoms with Gasteiger partial charge in [0.1, 0.15) is 6.04 Å². The number of carbonyl (C=O) groups is 2. The quantitative estimate of drug-likeness (QED) is 0.758. The van der Waals surface area contributed by atoms with E-state index in [2.05, 4.69) is 19.2 Å². The molecular weight excluding hydrogens is 288 g/mol. The summed E-state index contributed by atoms with van der Waals surface area (Å²) in [5.41, 5.74) is 0. The van der Waals surface area contributed by atoms with Crippen LogP contribution in [-0.4, -0.2) is 45.2 Å². The molecule has 2 fully saturated rings. The van der Waals surface area contributed by atoms with E-state index in [-0.39, 0.29) is 17.4 Å². The maximum absolute atomic E-state index is 12.6. The zero-order chi connectivity index (χ0) is 15.4. The SMILES string of the molecule is CCCC1SCC(C(=O)O)N1C(=O)NC(CC)CC1CC1. The van der Waals surface area contributed by atoms with Crippen molar-refractivity contribution in [3.8, 4) is 0 Å². The monoisotopic (exact) mass is 314 g/mol. The lowest BCUT2D eigenvalue weighted by Gasteiger charge is -2.29. The van der Waals surface area contributed by atoms with Crippen LogP contribution in [0.15, 0.2) is 0 Å². The van der Waals surface area contributed by atoms with E-state index < -0.39 is 12.0 Å². The predicted molar refractivity (Wildman–Crippen MR) is 84.4 cm³/mol. The molecule has 2 amide bonds. The van der Waals surface area contributed by atoms with Crippen LogP contribution >= 0.6 is 11.8 Å². The van der Waals surface area contributed by atoms with Crippen molar-refractivity contribution < 1.29 is 14.7 Å². The first-order chi connectivity index (χ1) is 10.1. The fraction of sp³-hybridized carbons (Fsp3) is 0.867. The third-order valence-corrected chi connectivity index (χ3v) is 5.64. The largest absolute Gasteiger partial charge is 0.480 e. The van der Waals surface area contributed by atoms with E-state index >= 15 is 0 Å². The van der Waals surface area contributed by atoms with Gasteiger partial charge in [-0.05, 0) is 25.2 Å². The Labute approximate surface area is 130 Å². The summed E-state index contributed by atoms with van der Waals surface area (Å²) in [4.78, 5) is 25.5. The highest BCUT2D eigenvalue weighted by atomic mass is 32.2. The number of rotatable bonds is 7. The Morgan fingerprint density at radius 1 is 1.38 bits per heavy atom. The molecule has 1 aliphatic heterocycles. The number of urea groups is 1. The zero-order valence-electron chi connectivity index (χ0n) is 12.9. The van der Waals surface area contributed by atoms with Crippen LogP contribution in [0.2, 0.25) is 0 Å². The summed E-state index contributed by atoms with van der Waals surface area (Å²) in [6.07, 6.45) is 6.26. The lowest BCUT2D eigenvalue weighted by atomic mass is 10.1. The van der Waals surface area contributed by atoms with Crippen molar-refractivity contribution >= 4 is 23.8 Å². The molecule has 3 atom stereocenters. The van der Waals surface area contributed by atoms with E-state index in [4.69, 9.17) is 0 Å². The van der Waals surface area contributed by atoms with Crippen molar-refractivity contribution in [2.45, 2.75) is 69.8 Å². The number of hydrogen-bond donors (Lipinski definition) is 2. The van der Waals surface area contributed by atoms with Gasteiger partial charge in [0.15, 0.2) is 0 Å². The Morgan fingerprint density at radius 3 is 2.62 bits per heavy atom. The number of aliphatic carboxylic acids is 1. The van der Waals surface area contributed by atoms with Gasteiger partial charge in [0, 0.05) is 11.8 Å². The minimum atomic E-state index is -0.897. The third-order valence-electron chi connectivity index (χ3n) is 4.28. The average Bonchev–Trinajstić information content (AvgIpc) is 3.15. The summed E-state index contributed by atoms with van der Waals surface area (Å²) in [6, 6.07) is -0.712. The molecule has 1 saturated carbocycles. The minimum Gasteiger partial charge on any atom is -0.480 e. The highest BCUT2D eigenvalue weighted by Crippen LogP contribution is 2.35. The van der Waals surface area contributed by atoms with Gasteiger partial charge >= 0.3 is 12.0 Å². The first-order valence-corrected chi connectivity index (χ1v) is 9.04. The fourth-order valence-corrected chi connectivity index (χ4v) is 4.34. The number of carboxylic acid groups (broad SMARTS) is 1. The Bertz CT molecular complexity index is 387. The van der Waals surface area contributed by atoms with Crippen molar-refractivity contribution in [1.29, 1.82) is 0 Å². The van der Waals surface area contributed by atoms with Crippen molar-refractivity contribution in [1.82, 2.24) is 10.2 Å². The van der Waals surface area contributed by atoms with Crippen LogP contribution < -0.4 is 5.32 Å². The molecule has 0 spiro atoms. The van der Waals surface area contributed by atoms with Gasteiger partial charge in [-0.2, -0.15) is 0 Å². The van der Waals surface area contributed by atoms with Crippen molar-refractivity contribution in [2.75, 3.05) is 5.75 Å². The van der Waals surface area contributed by atoms with E-state index in [1.54, 1.807) is 16.7 Å². The van der Waals surface area contributed by atoms with Crippen LogP contribution in [0, 0.1) is 5.92 Å². The first-order valence-electron chi connectivity index (χ1n) is 8.00. The number of nitrogens with zero attached hydrogens (tertiary/aromatic N) is 1. The van der Waals surface area contributed by atoms with Gasteiger partial charge in [-0.15, -0.1) is 11.8 Å². The lowest BCUT2D eigenvalue weighted by Crippen LogP contribution is -2.52. The number of carboxylic acids is 1. The smallest absolute Gasteiger partial charge is 0.327 e. The van der Waals surface area contributed by atoms with E-state index in [9.17, 15) is 14.7 Å². The van der Waals surface area contributed by atoms with Gasteiger partial charge in [-0.1, -0.05) is 33.1 Å². The van der Waals surface area contributed by atoms with E-state index in [0.29, 0.717) is 5.75 Å². The van der Waals surface area contributed by atoms with Gasteiger partial charge in [0.05, 0.1) is 5.37 Å². The molecule has 0 aromatic heterocycles. The van der Waals surface area contributed by atoms with E-state index in [1.807, 2.05) is 0 Å². The van der Waals surface area contributed by atoms with Crippen molar-refractivity contribution in [3.05, 3.63) is 0 Å². The number of amides is 2. The molecule has 2 N–H and O–H groups in total. The fourth-order valence-electron chi connectivity index (χ4n) is 2.83. The van der Waals surface area contributed by atoms with Gasteiger partial charge in [0.25, 0.3) is 0 Å². The minimum absolute atomic E-state index is 0.00506. The molecule has 2 rings (SSSR count). The lowest BCUT2D eigenvalue weighted by molar-refractivity contribution is -0.141. The molecule has 1 saturated heterocycles. The van der Waals surface area contributed by atoms with Crippen LogP contribution in [-0.2, 0) is 4.79 Å². The maximum Gasteiger partial charge on any atom is 0.327 e. The summed E-state index contributed by atoms with van der Waals surface area (Å²) in [5.74, 6) is 0.351. The molecule has 0 bridgehead atoms. The Kier molecular flexibility index (Phi) is 5.79. The second-order valence-corrected chi connectivity index (χ2v) is 7.28.